The van der Waals surface area contributed by atoms with E-state index < -0.39 is 0 Å². The molecule has 0 radical (unpaired) electrons. The van der Waals surface area contributed by atoms with Crippen molar-refractivity contribution in [2.45, 2.75) is 13.5 Å². The van der Waals surface area contributed by atoms with E-state index in [9.17, 15) is 4.79 Å². The maximum absolute atomic E-state index is 12.7. The smallest absolute Gasteiger partial charge is 0.289 e. The first-order valence-corrected chi connectivity index (χ1v) is 7.99. The predicted molar refractivity (Wildman–Crippen MR) is 90.8 cm³/mol. The first-order valence-electron chi connectivity index (χ1n) is 7.20. The van der Waals surface area contributed by atoms with Gasteiger partial charge in [0, 0.05) is 18.5 Å². The molecule has 3 nitrogen and oxygen atoms in total. The van der Waals surface area contributed by atoms with Gasteiger partial charge in [-0.3, -0.25) is 4.79 Å². The molecule has 0 unspecified atom stereocenters. The summed E-state index contributed by atoms with van der Waals surface area (Å²) in [4.78, 5) is 14.5. The van der Waals surface area contributed by atoms with Gasteiger partial charge in [0.05, 0.1) is 4.47 Å². The average molecular weight is 358 g/mol. The number of rotatable bonds is 4. The highest BCUT2D eigenvalue weighted by atomic mass is 79.9. The lowest BCUT2D eigenvalue weighted by atomic mass is 10.2. The topological polar surface area (TPSA) is 33.5 Å². The summed E-state index contributed by atoms with van der Waals surface area (Å²) >= 11 is 3.45. The fraction of sp³-hybridized carbons (Fsp3) is 0.167. The Morgan fingerprint density at radius 1 is 1.14 bits per heavy atom. The molecule has 1 aromatic heterocycles. The summed E-state index contributed by atoms with van der Waals surface area (Å²) in [5.74, 6) is 0.286. The lowest BCUT2D eigenvalue weighted by Crippen LogP contribution is -2.29. The SMILES string of the molecule is CCN(Cc1ccccc1)C(=O)c1cc2cccc(Br)c2o1. The molecule has 4 heteroatoms. The van der Waals surface area contributed by atoms with Gasteiger partial charge in [0.2, 0.25) is 0 Å². The molecular formula is C18H16BrNO2. The van der Waals surface area contributed by atoms with E-state index in [1.165, 1.54) is 0 Å². The number of para-hydroxylation sites is 1. The first-order chi connectivity index (χ1) is 10.7. The standard InChI is InChI=1S/C18H16BrNO2/c1-2-20(12-13-7-4-3-5-8-13)18(21)16-11-14-9-6-10-15(19)17(14)22-16/h3-11H,2,12H2,1H3. The summed E-state index contributed by atoms with van der Waals surface area (Å²) in [5.41, 5.74) is 1.82. The Kier molecular flexibility index (Phi) is 4.29. The Hall–Kier alpha value is -2.07. The van der Waals surface area contributed by atoms with Gasteiger partial charge in [-0.1, -0.05) is 42.5 Å². The van der Waals surface area contributed by atoms with Crippen LogP contribution in [0.4, 0.5) is 0 Å². The van der Waals surface area contributed by atoms with Gasteiger partial charge in [0.25, 0.3) is 5.91 Å². The number of halogens is 1. The van der Waals surface area contributed by atoms with E-state index in [2.05, 4.69) is 15.9 Å². The van der Waals surface area contributed by atoms with Crippen molar-refractivity contribution in [3.8, 4) is 0 Å². The Balaban J connectivity index is 1.88. The van der Waals surface area contributed by atoms with Gasteiger partial charge in [-0.05, 0) is 40.5 Å². The van der Waals surface area contributed by atoms with Gasteiger partial charge in [0.15, 0.2) is 5.76 Å². The molecule has 0 aliphatic carbocycles. The summed E-state index contributed by atoms with van der Waals surface area (Å²) in [5, 5.41) is 0.925. The lowest BCUT2D eigenvalue weighted by Gasteiger charge is -2.19. The van der Waals surface area contributed by atoms with Crippen LogP contribution in [0.25, 0.3) is 11.0 Å². The van der Waals surface area contributed by atoms with Gasteiger partial charge in [-0.15, -0.1) is 0 Å². The fourth-order valence-corrected chi connectivity index (χ4v) is 2.88. The Bertz CT molecular complexity index is 795. The molecule has 3 aromatic rings. The number of hydrogen-bond acceptors (Lipinski definition) is 2. The van der Waals surface area contributed by atoms with E-state index in [0.29, 0.717) is 24.4 Å². The number of carbonyl (C=O) groups excluding carboxylic acids is 1. The van der Waals surface area contributed by atoms with Gasteiger partial charge >= 0.3 is 0 Å². The fourth-order valence-electron chi connectivity index (χ4n) is 2.42. The number of hydrogen-bond donors (Lipinski definition) is 0. The molecule has 2 aromatic carbocycles. The van der Waals surface area contributed by atoms with E-state index in [1.54, 1.807) is 11.0 Å². The van der Waals surface area contributed by atoms with Crippen LogP contribution in [-0.4, -0.2) is 17.4 Å². The zero-order valence-electron chi connectivity index (χ0n) is 12.3. The number of carbonyl (C=O) groups is 1. The van der Waals surface area contributed by atoms with Crippen LogP contribution >= 0.6 is 15.9 Å². The number of fused-ring (bicyclic) bond motifs is 1. The van der Waals surface area contributed by atoms with Crippen LogP contribution in [0.15, 0.2) is 63.5 Å². The maximum Gasteiger partial charge on any atom is 0.289 e. The third kappa shape index (κ3) is 2.92. The highest BCUT2D eigenvalue weighted by Gasteiger charge is 2.19. The lowest BCUT2D eigenvalue weighted by molar-refractivity contribution is 0.0723. The molecule has 3 rings (SSSR count). The van der Waals surface area contributed by atoms with Crippen LogP contribution in [0.3, 0.4) is 0 Å². The van der Waals surface area contributed by atoms with Crippen molar-refractivity contribution in [1.82, 2.24) is 4.90 Å². The summed E-state index contributed by atoms with van der Waals surface area (Å²) in [6.07, 6.45) is 0. The number of benzene rings is 2. The van der Waals surface area contributed by atoms with E-state index >= 15 is 0 Å². The van der Waals surface area contributed by atoms with Gasteiger partial charge in [-0.2, -0.15) is 0 Å². The highest BCUT2D eigenvalue weighted by Crippen LogP contribution is 2.27. The molecule has 0 bridgehead atoms. The zero-order chi connectivity index (χ0) is 15.5. The monoisotopic (exact) mass is 357 g/mol. The Morgan fingerprint density at radius 2 is 1.91 bits per heavy atom. The maximum atomic E-state index is 12.7. The minimum Gasteiger partial charge on any atom is -0.450 e. The summed E-state index contributed by atoms with van der Waals surface area (Å²) < 4.78 is 6.60. The van der Waals surface area contributed by atoms with Crippen molar-refractivity contribution in [3.05, 3.63) is 70.4 Å². The Labute approximate surface area is 137 Å². The van der Waals surface area contributed by atoms with Crippen LogP contribution in [-0.2, 0) is 6.54 Å². The van der Waals surface area contributed by atoms with Crippen LogP contribution in [0.5, 0.6) is 0 Å². The normalized spacial score (nSPS) is 10.8. The van der Waals surface area contributed by atoms with E-state index in [4.69, 9.17) is 4.42 Å². The molecule has 0 atom stereocenters. The van der Waals surface area contributed by atoms with Crippen LogP contribution in [0.2, 0.25) is 0 Å². The van der Waals surface area contributed by atoms with Crippen LogP contribution < -0.4 is 0 Å². The van der Waals surface area contributed by atoms with Crippen LogP contribution in [0, 0.1) is 0 Å². The van der Waals surface area contributed by atoms with Crippen molar-refractivity contribution in [2.75, 3.05) is 6.54 Å². The second-order valence-corrected chi connectivity index (χ2v) is 5.93. The molecule has 0 saturated heterocycles. The highest BCUT2D eigenvalue weighted by molar-refractivity contribution is 9.10. The molecule has 1 amide bonds. The predicted octanol–water partition coefficient (Wildman–Crippen LogP) is 4.86. The molecule has 22 heavy (non-hydrogen) atoms. The van der Waals surface area contributed by atoms with Crippen molar-refractivity contribution in [3.63, 3.8) is 0 Å². The van der Waals surface area contributed by atoms with Gasteiger partial charge < -0.3 is 9.32 Å². The minimum atomic E-state index is -0.0885. The largest absolute Gasteiger partial charge is 0.450 e. The van der Waals surface area contributed by atoms with Gasteiger partial charge in [0.1, 0.15) is 5.58 Å². The van der Waals surface area contributed by atoms with Crippen molar-refractivity contribution >= 4 is 32.8 Å². The third-order valence-corrected chi connectivity index (χ3v) is 4.22. The summed E-state index contributed by atoms with van der Waals surface area (Å²) in [6.45, 7) is 3.18. The molecule has 0 spiro atoms. The molecule has 0 saturated carbocycles. The van der Waals surface area contributed by atoms with Crippen molar-refractivity contribution < 1.29 is 9.21 Å². The van der Waals surface area contributed by atoms with E-state index in [1.807, 2.05) is 55.5 Å². The number of nitrogens with zero attached hydrogens (tertiary/aromatic N) is 1. The Morgan fingerprint density at radius 3 is 2.59 bits per heavy atom. The van der Waals surface area contributed by atoms with Gasteiger partial charge in [-0.25, -0.2) is 0 Å². The minimum absolute atomic E-state index is 0.0885. The molecule has 0 aliphatic heterocycles. The molecule has 1 heterocycles. The van der Waals surface area contributed by atoms with Crippen LogP contribution in [0.1, 0.15) is 23.0 Å². The quantitative estimate of drug-likeness (QED) is 0.668. The molecule has 0 aliphatic rings. The average Bonchev–Trinajstić information content (AvgIpc) is 2.98. The summed E-state index contributed by atoms with van der Waals surface area (Å²) in [6, 6.07) is 17.5. The van der Waals surface area contributed by atoms with Crippen molar-refractivity contribution in [2.24, 2.45) is 0 Å². The second kappa shape index (κ2) is 6.36. The second-order valence-electron chi connectivity index (χ2n) is 5.07. The summed E-state index contributed by atoms with van der Waals surface area (Å²) in [7, 11) is 0. The van der Waals surface area contributed by atoms with Crippen molar-refractivity contribution in [1.29, 1.82) is 0 Å². The molecule has 112 valence electrons. The first kappa shape index (κ1) is 14.9. The molecule has 0 N–H and O–H groups in total. The third-order valence-electron chi connectivity index (χ3n) is 3.59. The molecular weight excluding hydrogens is 342 g/mol. The number of amides is 1. The van der Waals surface area contributed by atoms with E-state index in [0.717, 1.165) is 15.4 Å². The van der Waals surface area contributed by atoms with E-state index in [-0.39, 0.29) is 5.91 Å². The molecule has 0 fully saturated rings. The number of furan rings is 1. The zero-order valence-corrected chi connectivity index (χ0v) is 13.8.